The van der Waals surface area contributed by atoms with E-state index in [0.717, 1.165) is 45.7 Å². The van der Waals surface area contributed by atoms with E-state index in [0.29, 0.717) is 28.8 Å². The summed E-state index contributed by atoms with van der Waals surface area (Å²) >= 11 is 10.7. The minimum atomic E-state index is -0.220. The highest BCUT2D eigenvalue weighted by atomic mass is 79.9. The molecule has 33 heavy (non-hydrogen) atoms. The first-order chi connectivity index (χ1) is 15.8. The van der Waals surface area contributed by atoms with E-state index in [1.807, 2.05) is 62.5 Å². The summed E-state index contributed by atoms with van der Waals surface area (Å²) in [5.74, 6) is 0.685. The fraction of sp³-hybridized carbons (Fsp3) is 0.280. The fourth-order valence-corrected chi connectivity index (χ4v) is 5.13. The lowest BCUT2D eigenvalue weighted by molar-refractivity contribution is -0.123. The second kappa shape index (κ2) is 10.4. The molecule has 172 valence electrons. The number of halogens is 2. The molecule has 0 N–H and O–H groups in total. The Kier molecular flexibility index (Phi) is 7.51. The molecule has 4 rings (SSSR count). The van der Waals surface area contributed by atoms with Crippen LogP contribution in [0.15, 0.2) is 58.0 Å². The van der Waals surface area contributed by atoms with E-state index < -0.39 is 0 Å². The highest BCUT2D eigenvalue weighted by Gasteiger charge is 2.35. The Bertz CT molecular complexity index is 1240. The number of carbonyl (C=O) groups excluding carboxylic acids is 2. The maximum absolute atomic E-state index is 12.8. The van der Waals surface area contributed by atoms with Crippen LogP contribution < -0.4 is 4.74 Å². The first-order valence-corrected chi connectivity index (χ1v) is 12.7. The van der Waals surface area contributed by atoms with Crippen LogP contribution in [0.1, 0.15) is 25.8 Å². The predicted molar refractivity (Wildman–Crippen MR) is 139 cm³/mol. The highest BCUT2D eigenvalue weighted by molar-refractivity contribution is 9.10. The number of imide groups is 1. The number of aryl methyl sites for hydroxylation is 1. The second-order valence-electron chi connectivity index (χ2n) is 8.26. The molecule has 1 aromatic heterocycles. The van der Waals surface area contributed by atoms with Gasteiger partial charge in [0.2, 0.25) is 0 Å². The van der Waals surface area contributed by atoms with Gasteiger partial charge in [-0.3, -0.25) is 14.5 Å². The van der Waals surface area contributed by atoms with Gasteiger partial charge in [-0.05, 0) is 60.5 Å². The summed E-state index contributed by atoms with van der Waals surface area (Å²) in [7, 11) is 0. The molecule has 1 saturated heterocycles. The standard InChI is InChI=1S/C25H24BrClN2O3S/c1-16(2)14-29-24(30)23(33-25(29)31)12-17-15-28(21-9-8-18(26)13-19(17)21)10-5-11-32-22-7-4-3-6-20(22)27/h3-4,6-9,12-13,15-16H,5,10-11,14H2,1-2H3/b23-12-. The molecular weight excluding hydrogens is 524 g/mol. The molecule has 0 bridgehead atoms. The number of amides is 2. The summed E-state index contributed by atoms with van der Waals surface area (Å²) in [5, 5.41) is 1.41. The van der Waals surface area contributed by atoms with E-state index in [9.17, 15) is 9.59 Å². The van der Waals surface area contributed by atoms with E-state index in [1.54, 1.807) is 0 Å². The van der Waals surface area contributed by atoms with Gasteiger partial charge in [0.15, 0.2) is 0 Å². The third-order valence-corrected chi connectivity index (χ3v) is 6.93. The Labute approximate surface area is 210 Å². The minimum absolute atomic E-state index is 0.207. The number of nitrogens with zero attached hydrogens (tertiary/aromatic N) is 2. The molecular formula is C25H24BrClN2O3S. The van der Waals surface area contributed by atoms with Gasteiger partial charge in [-0.1, -0.05) is 53.5 Å². The largest absolute Gasteiger partial charge is 0.492 e. The van der Waals surface area contributed by atoms with Crippen LogP contribution in [-0.4, -0.2) is 33.8 Å². The molecule has 0 aliphatic carbocycles. The van der Waals surface area contributed by atoms with Gasteiger partial charge < -0.3 is 9.30 Å². The summed E-state index contributed by atoms with van der Waals surface area (Å²) < 4.78 is 8.93. The molecule has 0 atom stereocenters. The van der Waals surface area contributed by atoms with Crippen molar-refractivity contribution in [2.24, 2.45) is 5.92 Å². The van der Waals surface area contributed by atoms with E-state index >= 15 is 0 Å². The van der Waals surface area contributed by atoms with Gasteiger partial charge in [0.25, 0.3) is 11.1 Å². The van der Waals surface area contributed by atoms with Crippen LogP contribution in [0, 0.1) is 5.92 Å². The lowest BCUT2D eigenvalue weighted by Gasteiger charge is -2.14. The molecule has 5 nitrogen and oxygen atoms in total. The molecule has 0 saturated carbocycles. The fourth-order valence-electron chi connectivity index (χ4n) is 3.74. The summed E-state index contributed by atoms with van der Waals surface area (Å²) in [6, 6.07) is 13.5. The molecule has 0 spiro atoms. The van der Waals surface area contributed by atoms with Crippen LogP contribution in [0.2, 0.25) is 5.02 Å². The number of hydrogen-bond donors (Lipinski definition) is 0. The number of benzene rings is 2. The average molecular weight is 548 g/mol. The molecule has 0 radical (unpaired) electrons. The third kappa shape index (κ3) is 5.48. The number of aromatic nitrogens is 1. The van der Waals surface area contributed by atoms with Crippen molar-refractivity contribution >= 4 is 67.4 Å². The molecule has 2 aromatic carbocycles. The lowest BCUT2D eigenvalue weighted by atomic mass is 10.1. The Hall–Kier alpha value is -2.22. The molecule has 8 heteroatoms. The number of hydrogen-bond acceptors (Lipinski definition) is 4. The Balaban J connectivity index is 1.54. The first-order valence-electron chi connectivity index (χ1n) is 10.7. The van der Waals surface area contributed by atoms with Crippen LogP contribution in [0.5, 0.6) is 5.75 Å². The molecule has 1 aliphatic rings. The van der Waals surface area contributed by atoms with Crippen molar-refractivity contribution in [3.63, 3.8) is 0 Å². The number of fused-ring (bicyclic) bond motifs is 1. The third-order valence-electron chi connectivity index (χ3n) is 5.22. The number of carbonyl (C=O) groups is 2. The molecule has 1 aliphatic heterocycles. The first kappa shape index (κ1) is 23.9. The van der Waals surface area contributed by atoms with Crippen molar-refractivity contribution in [2.75, 3.05) is 13.2 Å². The summed E-state index contributed by atoms with van der Waals surface area (Å²) in [6.07, 6.45) is 4.65. The minimum Gasteiger partial charge on any atom is -0.492 e. The SMILES string of the molecule is CC(C)CN1C(=O)S/C(=C\c2cn(CCCOc3ccccc3Cl)c3ccc(Br)cc23)C1=O. The molecule has 3 aromatic rings. The van der Waals surface area contributed by atoms with Crippen molar-refractivity contribution < 1.29 is 14.3 Å². The van der Waals surface area contributed by atoms with E-state index in [4.69, 9.17) is 16.3 Å². The lowest BCUT2D eigenvalue weighted by Crippen LogP contribution is -2.31. The zero-order chi connectivity index (χ0) is 23.5. The number of thioether (sulfide) groups is 1. The summed E-state index contributed by atoms with van der Waals surface area (Å²) in [6.45, 7) is 5.69. The van der Waals surface area contributed by atoms with Crippen molar-refractivity contribution in [3.05, 3.63) is 68.6 Å². The van der Waals surface area contributed by atoms with Gasteiger partial charge in [0, 0.05) is 40.2 Å². The predicted octanol–water partition coefficient (Wildman–Crippen LogP) is 7.22. The van der Waals surface area contributed by atoms with E-state index in [-0.39, 0.29) is 17.1 Å². The van der Waals surface area contributed by atoms with E-state index in [2.05, 4.69) is 26.6 Å². The van der Waals surface area contributed by atoms with Gasteiger partial charge in [0.05, 0.1) is 16.5 Å². The van der Waals surface area contributed by atoms with E-state index in [1.165, 1.54) is 4.90 Å². The quantitative estimate of drug-likeness (QED) is 0.221. The molecule has 2 amide bonds. The Morgan fingerprint density at radius 2 is 1.97 bits per heavy atom. The van der Waals surface area contributed by atoms with Crippen LogP contribution in [0.4, 0.5) is 4.79 Å². The van der Waals surface area contributed by atoms with Crippen molar-refractivity contribution in [1.82, 2.24) is 9.47 Å². The average Bonchev–Trinajstić information content (AvgIpc) is 3.23. The van der Waals surface area contributed by atoms with Gasteiger partial charge in [-0.15, -0.1) is 0 Å². The van der Waals surface area contributed by atoms with Crippen LogP contribution in [0.3, 0.4) is 0 Å². The van der Waals surface area contributed by atoms with Gasteiger partial charge >= 0.3 is 0 Å². The van der Waals surface area contributed by atoms with Crippen LogP contribution >= 0.6 is 39.3 Å². The zero-order valence-electron chi connectivity index (χ0n) is 18.4. The normalized spacial score (nSPS) is 15.4. The maximum atomic E-state index is 12.8. The van der Waals surface area contributed by atoms with Crippen molar-refractivity contribution in [3.8, 4) is 5.75 Å². The molecule has 0 unspecified atom stereocenters. The van der Waals surface area contributed by atoms with Gasteiger partial charge in [0.1, 0.15) is 5.75 Å². The monoisotopic (exact) mass is 546 g/mol. The molecule has 1 fully saturated rings. The zero-order valence-corrected chi connectivity index (χ0v) is 21.5. The second-order valence-corrected chi connectivity index (χ2v) is 10.6. The van der Waals surface area contributed by atoms with Crippen molar-refractivity contribution in [2.45, 2.75) is 26.8 Å². The highest BCUT2D eigenvalue weighted by Crippen LogP contribution is 2.35. The van der Waals surface area contributed by atoms with Crippen LogP contribution in [0.25, 0.3) is 17.0 Å². The van der Waals surface area contributed by atoms with Crippen molar-refractivity contribution in [1.29, 1.82) is 0 Å². The number of para-hydroxylation sites is 1. The van der Waals surface area contributed by atoms with Gasteiger partial charge in [-0.25, -0.2) is 0 Å². The smallest absolute Gasteiger partial charge is 0.293 e. The van der Waals surface area contributed by atoms with Gasteiger partial charge in [-0.2, -0.15) is 0 Å². The Morgan fingerprint density at radius 3 is 2.73 bits per heavy atom. The summed E-state index contributed by atoms with van der Waals surface area (Å²) in [4.78, 5) is 27.0. The Morgan fingerprint density at radius 1 is 1.18 bits per heavy atom. The number of rotatable bonds is 8. The molecule has 2 heterocycles. The number of ether oxygens (including phenoxy) is 1. The topological polar surface area (TPSA) is 51.5 Å². The maximum Gasteiger partial charge on any atom is 0.293 e. The summed E-state index contributed by atoms with van der Waals surface area (Å²) in [5.41, 5.74) is 1.97. The van der Waals surface area contributed by atoms with Crippen LogP contribution in [-0.2, 0) is 11.3 Å².